The quantitative estimate of drug-likeness (QED) is 0.707. The zero-order chi connectivity index (χ0) is 13.7. The maximum absolute atomic E-state index is 5.94. The van der Waals surface area contributed by atoms with Crippen molar-refractivity contribution < 1.29 is 4.74 Å². The molecule has 0 saturated heterocycles. The lowest BCUT2D eigenvalue weighted by Crippen LogP contribution is -1.97. The van der Waals surface area contributed by atoms with E-state index in [9.17, 15) is 0 Å². The van der Waals surface area contributed by atoms with Crippen molar-refractivity contribution in [2.24, 2.45) is 0 Å². The Bertz CT molecular complexity index is 540. The molecular formula is C17H17ClO. The summed E-state index contributed by atoms with van der Waals surface area (Å²) in [7, 11) is 1.68. The number of benzene rings is 2. The molecule has 0 fully saturated rings. The number of methoxy groups -OCH3 is 1. The first-order valence-electron chi connectivity index (χ1n) is 6.27. The van der Waals surface area contributed by atoms with Gasteiger partial charge >= 0.3 is 0 Å². The van der Waals surface area contributed by atoms with Crippen molar-refractivity contribution in [3.63, 3.8) is 0 Å². The second-order valence-electron chi connectivity index (χ2n) is 4.33. The maximum atomic E-state index is 5.94. The molecule has 98 valence electrons. The average molecular weight is 273 g/mol. The average Bonchev–Trinajstić information content (AvgIpc) is 2.46. The molecule has 2 rings (SSSR count). The first-order valence-corrected chi connectivity index (χ1v) is 6.64. The normalized spacial score (nSPS) is 12.6. The Labute approximate surface area is 119 Å². The van der Waals surface area contributed by atoms with E-state index in [0.29, 0.717) is 0 Å². The van der Waals surface area contributed by atoms with E-state index < -0.39 is 0 Å². The van der Waals surface area contributed by atoms with E-state index in [2.05, 4.69) is 36.4 Å². The summed E-state index contributed by atoms with van der Waals surface area (Å²) < 4.78 is 5.19. The Kier molecular flexibility index (Phi) is 4.64. The van der Waals surface area contributed by atoms with E-state index in [-0.39, 0.29) is 5.92 Å². The molecule has 0 bridgehead atoms. The van der Waals surface area contributed by atoms with Gasteiger partial charge in [-0.3, -0.25) is 0 Å². The van der Waals surface area contributed by atoms with Crippen LogP contribution in [-0.4, -0.2) is 7.11 Å². The van der Waals surface area contributed by atoms with Gasteiger partial charge in [0.05, 0.1) is 7.11 Å². The third-order valence-electron chi connectivity index (χ3n) is 3.09. The first kappa shape index (κ1) is 13.7. The molecule has 0 heterocycles. The van der Waals surface area contributed by atoms with E-state index >= 15 is 0 Å². The van der Waals surface area contributed by atoms with Crippen LogP contribution in [0, 0.1) is 0 Å². The molecule has 0 radical (unpaired) electrons. The topological polar surface area (TPSA) is 9.23 Å². The van der Waals surface area contributed by atoms with Gasteiger partial charge in [-0.05, 0) is 42.3 Å². The van der Waals surface area contributed by atoms with Crippen LogP contribution in [0.4, 0.5) is 0 Å². The molecule has 0 saturated carbocycles. The highest BCUT2D eigenvalue weighted by atomic mass is 35.5. The molecule has 2 heteroatoms. The SMILES string of the molecule is C/C=C/C(c1ccc(Cl)cc1)c1ccc(OC)cc1. The standard InChI is InChI=1S/C17H17ClO/c1-3-4-17(13-5-9-15(18)10-6-13)14-7-11-16(19-2)12-8-14/h3-12,17H,1-2H3/b4-3+. The van der Waals surface area contributed by atoms with Crippen molar-refractivity contribution in [1.82, 2.24) is 0 Å². The van der Waals surface area contributed by atoms with Crippen molar-refractivity contribution in [2.75, 3.05) is 7.11 Å². The molecule has 2 aromatic rings. The molecule has 2 aromatic carbocycles. The van der Waals surface area contributed by atoms with Crippen molar-refractivity contribution in [3.8, 4) is 5.75 Å². The summed E-state index contributed by atoms with van der Waals surface area (Å²) in [5, 5.41) is 0.762. The lowest BCUT2D eigenvalue weighted by atomic mass is 9.91. The number of ether oxygens (including phenoxy) is 1. The lowest BCUT2D eigenvalue weighted by molar-refractivity contribution is 0.414. The second-order valence-corrected chi connectivity index (χ2v) is 4.76. The van der Waals surface area contributed by atoms with Gasteiger partial charge in [0.1, 0.15) is 5.75 Å². The highest BCUT2D eigenvalue weighted by Gasteiger charge is 2.10. The zero-order valence-electron chi connectivity index (χ0n) is 11.1. The molecule has 1 unspecified atom stereocenters. The molecule has 0 aliphatic carbocycles. The fraction of sp³-hybridized carbons (Fsp3) is 0.176. The lowest BCUT2D eigenvalue weighted by Gasteiger charge is -2.14. The summed E-state index contributed by atoms with van der Waals surface area (Å²) in [6, 6.07) is 16.2. The van der Waals surface area contributed by atoms with E-state index in [1.807, 2.05) is 31.2 Å². The Morgan fingerprint density at radius 1 is 0.947 bits per heavy atom. The largest absolute Gasteiger partial charge is 0.497 e. The third kappa shape index (κ3) is 3.39. The van der Waals surface area contributed by atoms with Crippen LogP contribution in [0.25, 0.3) is 0 Å². The smallest absolute Gasteiger partial charge is 0.118 e. The highest BCUT2D eigenvalue weighted by molar-refractivity contribution is 6.30. The van der Waals surface area contributed by atoms with Gasteiger partial charge in [0.25, 0.3) is 0 Å². The van der Waals surface area contributed by atoms with E-state index in [1.54, 1.807) is 7.11 Å². The molecule has 0 N–H and O–H groups in total. The van der Waals surface area contributed by atoms with Crippen LogP contribution in [-0.2, 0) is 0 Å². The molecule has 1 nitrogen and oxygen atoms in total. The molecule has 19 heavy (non-hydrogen) atoms. The summed E-state index contributed by atoms with van der Waals surface area (Å²) in [4.78, 5) is 0. The minimum atomic E-state index is 0.244. The Morgan fingerprint density at radius 2 is 1.47 bits per heavy atom. The Balaban J connectivity index is 2.36. The van der Waals surface area contributed by atoms with Gasteiger partial charge in [-0.2, -0.15) is 0 Å². The molecule has 0 aliphatic heterocycles. The molecule has 0 aliphatic rings. The first-order chi connectivity index (χ1) is 9.24. The van der Waals surface area contributed by atoms with Crippen LogP contribution in [0.5, 0.6) is 5.75 Å². The monoisotopic (exact) mass is 272 g/mol. The number of rotatable bonds is 4. The van der Waals surface area contributed by atoms with Crippen LogP contribution in [0.15, 0.2) is 60.7 Å². The fourth-order valence-electron chi connectivity index (χ4n) is 2.09. The third-order valence-corrected chi connectivity index (χ3v) is 3.34. The summed E-state index contributed by atoms with van der Waals surface area (Å²) in [6.07, 6.45) is 4.26. The summed E-state index contributed by atoms with van der Waals surface area (Å²) >= 11 is 5.94. The second kappa shape index (κ2) is 6.44. The van der Waals surface area contributed by atoms with Gasteiger partial charge in [0, 0.05) is 10.9 Å². The molecule has 1 atom stereocenters. The predicted octanol–water partition coefficient (Wildman–Crippen LogP) is 5.06. The van der Waals surface area contributed by atoms with Crippen LogP contribution in [0.3, 0.4) is 0 Å². The van der Waals surface area contributed by atoms with Gasteiger partial charge in [0.15, 0.2) is 0 Å². The fourth-order valence-corrected chi connectivity index (χ4v) is 2.21. The van der Waals surface area contributed by atoms with Crippen molar-refractivity contribution in [2.45, 2.75) is 12.8 Å². The van der Waals surface area contributed by atoms with Crippen LogP contribution >= 0.6 is 11.6 Å². The molecule has 0 amide bonds. The molecule has 0 aromatic heterocycles. The van der Waals surface area contributed by atoms with Crippen molar-refractivity contribution in [1.29, 1.82) is 0 Å². The minimum Gasteiger partial charge on any atom is -0.497 e. The Morgan fingerprint density at radius 3 is 1.95 bits per heavy atom. The maximum Gasteiger partial charge on any atom is 0.118 e. The van der Waals surface area contributed by atoms with Crippen molar-refractivity contribution in [3.05, 3.63) is 76.8 Å². The Hall–Kier alpha value is -1.73. The van der Waals surface area contributed by atoms with Crippen molar-refractivity contribution >= 4 is 11.6 Å². The summed E-state index contributed by atoms with van der Waals surface area (Å²) in [5.41, 5.74) is 2.47. The van der Waals surface area contributed by atoms with Crippen LogP contribution in [0.2, 0.25) is 5.02 Å². The molecule has 0 spiro atoms. The highest BCUT2D eigenvalue weighted by Crippen LogP contribution is 2.28. The number of halogens is 1. The molecular weight excluding hydrogens is 256 g/mol. The number of allylic oxidation sites excluding steroid dienone is 2. The van der Waals surface area contributed by atoms with E-state index in [1.165, 1.54) is 11.1 Å². The van der Waals surface area contributed by atoms with Crippen LogP contribution < -0.4 is 4.74 Å². The van der Waals surface area contributed by atoms with Gasteiger partial charge in [0.2, 0.25) is 0 Å². The number of hydrogen-bond acceptors (Lipinski definition) is 1. The van der Waals surface area contributed by atoms with Gasteiger partial charge in [-0.25, -0.2) is 0 Å². The van der Waals surface area contributed by atoms with Gasteiger partial charge < -0.3 is 4.74 Å². The van der Waals surface area contributed by atoms with Gasteiger partial charge in [-0.15, -0.1) is 0 Å². The summed E-state index contributed by atoms with van der Waals surface area (Å²) in [6.45, 7) is 2.03. The number of hydrogen-bond donors (Lipinski definition) is 0. The van der Waals surface area contributed by atoms with Gasteiger partial charge in [-0.1, -0.05) is 48.0 Å². The van der Waals surface area contributed by atoms with E-state index in [4.69, 9.17) is 16.3 Å². The van der Waals surface area contributed by atoms with Crippen LogP contribution in [0.1, 0.15) is 24.0 Å². The summed E-state index contributed by atoms with van der Waals surface area (Å²) in [5.74, 6) is 1.12. The van der Waals surface area contributed by atoms with E-state index in [0.717, 1.165) is 10.8 Å². The predicted molar refractivity (Wildman–Crippen MR) is 81.1 cm³/mol. The zero-order valence-corrected chi connectivity index (χ0v) is 11.9. The minimum absolute atomic E-state index is 0.244.